The molecule has 6 nitrogen and oxygen atoms in total. The molecule has 1 amide bonds. The Morgan fingerprint density at radius 1 is 1.25 bits per heavy atom. The molecule has 1 saturated heterocycles. The summed E-state index contributed by atoms with van der Waals surface area (Å²) in [4.78, 5) is 12.9. The normalized spacial score (nSPS) is 16.3. The predicted molar refractivity (Wildman–Crippen MR) is 113 cm³/mol. The van der Waals surface area contributed by atoms with E-state index >= 15 is 0 Å². The van der Waals surface area contributed by atoms with Crippen LogP contribution in [0.5, 0.6) is 0 Å². The summed E-state index contributed by atoms with van der Waals surface area (Å²) < 4.78 is 30.3. The molecule has 1 aliphatic heterocycles. The van der Waals surface area contributed by atoms with Gasteiger partial charge in [-0.15, -0.1) is 0 Å². The molecule has 1 aliphatic rings. The zero-order chi connectivity index (χ0) is 20.5. The number of piperidine rings is 1. The quantitative estimate of drug-likeness (QED) is 0.731. The minimum absolute atomic E-state index is 0.220. The number of carbonyl (C=O) groups is 1. The molecule has 0 radical (unpaired) electrons. The molecule has 1 aromatic heterocycles. The van der Waals surface area contributed by atoms with Gasteiger partial charge in [0, 0.05) is 36.8 Å². The van der Waals surface area contributed by atoms with Crippen LogP contribution in [0, 0.1) is 12.8 Å². The summed E-state index contributed by atoms with van der Waals surface area (Å²) in [7, 11) is -1.87. The number of hydrogen-bond acceptors (Lipinski definition) is 3. The van der Waals surface area contributed by atoms with Crippen molar-refractivity contribution in [1.82, 2.24) is 14.2 Å². The Kier molecular flexibility index (Phi) is 6.31. The van der Waals surface area contributed by atoms with Crippen molar-refractivity contribution in [2.75, 3.05) is 13.1 Å². The average molecular weight is 468 g/mol. The van der Waals surface area contributed by atoms with E-state index in [-0.39, 0.29) is 10.8 Å². The van der Waals surface area contributed by atoms with E-state index in [0.29, 0.717) is 36.9 Å². The van der Waals surface area contributed by atoms with Crippen LogP contribution in [-0.2, 0) is 23.6 Å². The Morgan fingerprint density at radius 3 is 2.57 bits per heavy atom. The van der Waals surface area contributed by atoms with Gasteiger partial charge in [-0.2, -0.15) is 4.31 Å². The van der Waals surface area contributed by atoms with Gasteiger partial charge < -0.3 is 9.88 Å². The topological polar surface area (TPSA) is 71.4 Å². The second-order valence-corrected chi connectivity index (χ2v) is 10.3. The average Bonchev–Trinajstić information content (AvgIpc) is 2.96. The molecular formula is C20H26BrN3O3S. The zero-order valence-corrected chi connectivity index (χ0v) is 18.8. The first-order valence-corrected chi connectivity index (χ1v) is 11.6. The summed E-state index contributed by atoms with van der Waals surface area (Å²) in [6.45, 7) is 5.31. The third kappa shape index (κ3) is 4.34. The number of nitrogens with zero attached hydrogens (tertiary/aromatic N) is 2. The number of benzene rings is 1. The SMILES string of the molecule is Cc1c(S(=O)(=O)N2CCC(C)CC2)cc(C(=O)NCc2cccc(Br)c2)n1C. The summed E-state index contributed by atoms with van der Waals surface area (Å²) in [6.07, 6.45) is 1.73. The van der Waals surface area contributed by atoms with Crippen molar-refractivity contribution in [3.63, 3.8) is 0 Å². The molecule has 0 unspecified atom stereocenters. The Balaban J connectivity index is 1.79. The monoisotopic (exact) mass is 467 g/mol. The fourth-order valence-electron chi connectivity index (χ4n) is 3.43. The Hall–Kier alpha value is -1.64. The Labute approximate surface area is 175 Å². The van der Waals surface area contributed by atoms with Gasteiger partial charge in [0.1, 0.15) is 10.6 Å². The van der Waals surface area contributed by atoms with E-state index in [1.807, 2.05) is 24.3 Å². The maximum atomic E-state index is 13.1. The summed E-state index contributed by atoms with van der Waals surface area (Å²) in [6, 6.07) is 9.18. The van der Waals surface area contributed by atoms with Crippen LogP contribution < -0.4 is 5.32 Å². The lowest BCUT2D eigenvalue weighted by Crippen LogP contribution is -2.38. The Bertz CT molecular complexity index is 977. The van der Waals surface area contributed by atoms with Crippen molar-refractivity contribution in [2.24, 2.45) is 13.0 Å². The highest BCUT2D eigenvalue weighted by Gasteiger charge is 2.32. The van der Waals surface area contributed by atoms with Crippen LogP contribution in [0.1, 0.15) is 41.5 Å². The summed E-state index contributed by atoms with van der Waals surface area (Å²) >= 11 is 3.41. The van der Waals surface area contributed by atoms with E-state index in [4.69, 9.17) is 0 Å². The Morgan fingerprint density at radius 2 is 1.93 bits per heavy atom. The zero-order valence-electron chi connectivity index (χ0n) is 16.4. The smallest absolute Gasteiger partial charge is 0.268 e. The number of carbonyl (C=O) groups excluding carboxylic acids is 1. The van der Waals surface area contributed by atoms with Crippen molar-refractivity contribution < 1.29 is 13.2 Å². The van der Waals surface area contributed by atoms with Gasteiger partial charge in [-0.05, 0) is 49.4 Å². The predicted octanol–water partition coefficient (Wildman–Crippen LogP) is 3.45. The third-order valence-electron chi connectivity index (χ3n) is 5.42. The van der Waals surface area contributed by atoms with Crippen molar-refractivity contribution >= 4 is 31.9 Å². The van der Waals surface area contributed by atoms with Crippen LogP contribution in [0.3, 0.4) is 0 Å². The van der Waals surface area contributed by atoms with Gasteiger partial charge in [0.15, 0.2) is 0 Å². The molecule has 0 aliphatic carbocycles. The van der Waals surface area contributed by atoms with Gasteiger partial charge in [-0.1, -0.05) is 35.0 Å². The number of nitrogens with one attached hydrogen (secondary N) is 1. The highest BCUT2D eigenvalue weighted by atomic mass is 79.9. The molecule has 0 bridgehead atoms. The van der Waals surface area contributed by atoms with E-state index in [9.17, 15) is 13.2 Å². The fraction of sp³-hybridized carbons (Fsp3) is 0.450. The second-order valence-electron chi connectivity index (χ2n) is 7.44. The van der Waals surface area contributed by atoms with Crippen LogP contribution in [0.15, 0.2) is 39.7 Å². The van der Waals surface area contributed by atoms with Gasteiger partial charge in [0.2, 0.25) is 10.0 Å². The highest BCUT2D eigenvalue weighted by Crippen LogP contribution is 2.27. The first-order chi connectivity index (χ1) is 13.2. The van der Waals surface area contributed by atoms with E-state index in [2.05, 4.69) is 28.2 Å². The summed E-state index contributed by atoms with van der Waals surface area (Å²) in [5, 5.41) is 2.87. The maximum Gasteiger partial charge on any atom is 0.268 e. The second kappa shape index (κ2) is 8.39. The van der Waals surface area contributed by atoms with E-state index in [0.717, 1.165) is 22.9 Å². The summed E-state index contributed by atoms with van der Waals surface area (Å²) in [5.41, 5.74) is 1.88. The van der Waals surface area contributed by atoms with Gasteiger partial charge in [-0.25, -0.2) is 8.42 Å². The highest BCUT2D eigenvalue weighted by molar-refractivity contribution is 9.10. The number of sulfonamides is 1. The maximum absolute atomic E-state index is 13.1. The van der Waals surface area contributed by atoms with Crippen LogP contribution in [0.25, 0.3) is 0 Å². The van der Waals surface area contributed by atoms with Crippen molar-refractivity contribution in [3.05, 3.63) is 51.8 Å². The van der Waals surface area contributed by atoms with Crippen molar-refractivity contribution in [2.45, 2.75) is 38.1 Å². The first-order valence-electron chi connectivity index (χ1n) is 9.39. The van der Waals surface area contributed by atoms with Gasteiger partial charge >= 0.3 is 0 Å². The molecule has 8 heteroatoms. The molecule has 1 fully saturated rings. The molecule has 0 spiro atoms. The minimum Gasteiger partial charge on any atom is -0.347 e. The lowest BCUT2D eigenvalue weighted by molar-refractivity contribution is 0.0942. The minimum atomic E-state index is -3.60. The molecule has 152 valence electrons. The van der Waals surface area contributed by atoms with Crippen molar-refractivity contribution in [3.8, 4) is 0 Å². The van der Waals surface area contributed by atoms with Gasteiger partial charge in [0.25, 0.3) is 5.91 Å². The largest absolute Gasteiger partial charge is 0.347 e. The van der Waals surface area contributed by atoms with E-state index in [1.54, 1.807) is 22.8 Å². The van der Waals surface area contributed by atoms with Crippen LogP contribution in [0.4, 0.5) is 0 Å². The molecule has 2 heterocycles. The molecule has 1 N–H and O–H groups in total. The molecule has 3 rings (SSSR count). The van der Waals surface area contributed by atoms with Gasteiger partial charge in [-0.3, -0.25) is 4.79 Å². The molecule has 28 heavy (non-hydrogen) atoms. The lowest BCUT2D eigenvalue weighted by atomic mass is 10.0. The lowest BCUT2D eigenvalue weighted by Gasteiger charge is -2.29. The molecular weight excluding hydrogens is 442 g/mol. The van der Waals surface area contributed by atoms with E-state index in [1.165, 1.54) is 6.07 Å². The molecule has 2 aromatic rings. The molecule has 0 saturated carbocycles. The number of aromatic nitrogens is 1. The van der Waals surface area contributed by atoms with Crippen LogP contribution in [0.2, 0.25) is 0 Å². The molecule has 0 atom stereocenters. The summed E-state index contributed by atoms with van der Waals surface area (Å²) in [5.74, 6) is 0.252. The standard InChI is InChI=1S/C20H26BrN3O3S/c1-14-7-9-24(10-8-14)28(26,27)19-12-18(23(3)15(19)2)20(25)22-13-16-5-4-6-17(21)11-16/h4-6,11-12,14H,7-10,13H2,1-3H3,(H,22,25). The third-order valence-corrected chi connectivity index (χ3v) is 7.93. The number of hydrogen-bond donors (Lipinski definition) is 1. The fourth-order valence-corrected chi connectivity index (χ4v) is 5.62. The molecule has 1 aromatic carbocycles. The number of halogens is 1. The van der Waals surface area contributed by atoms with Crippen LogP contribution >= 0.6 is 15.9 Å². The number of rotatable bonds is 5. The van der Waals surface area contributed by atoms with Gasteiger partial charge in [0.05, 0.1) is 0 Å². The first kappa shape index (κ1) is 21.1. The van der Waals surface area contributed by atoms with Crippen LogP contribution in [-0.4, -0.2) is 36.3 Å². The number of amides is 1. The van der Waals surface area contributed by atoms with E-state index < -0.39 is 10.0 Å². The van der Waals surface area contributed by atoms with Crippen molar-refractivity contribution in [1.29, 1.82) is 0 Å².